The molecule has 0 amide bonds. The number of esters is 1. The van der Waals surface area contributed by atoms with E-state index in [1.165, 1.54) is 13.2 Å². The lowest BCUT2D eigenvalue weighted by atomic mass is 10.1. The van der Waals surface area contributed by atoms with Gasteiger partial charge < -0.3 is 4.74 Å². The Balaban J connectivity index is 3.45. The number of benzene rings is 1. The predicted molar refractivity (Wildman–Crippen MR) is 50.2 cm³/mol. The van der Waals surface area contributed by atoms with Crippen molar-refractivity contribution in [3.8, 4) is 6.07 Å². The maximum absolute atomic E-state index is 13.0. The molecule has 0 saturated carbocycles. The van der Waals surface area contributed by atoms with Gasteiger partial charge in [-0.15, -0.1) is 0 Å². The lowest BCUT2D eigenvalue weighted by molar-refractivity contribution is 0.0598. The molecule has 1 aromatic carbocycles. The molecule has 0 spiro atoms. The van der Waals surface area contributed by atoms with Crippen LogP contribution in [0.1, 0.15) is 15.9 Å². The highest BCUT2D eigenvalue weighted by Crippen LogP contribution is 2.24. The number of halogens is 2. The highest BCUT2D eigenvalue weighted by atomic mass is 79.9. The Bertz CT molecular complexity index is 426. The summed E-state index contributed by atoms with van der Waals surface area (Å²) in [6.07, 6.45) is 0. The van der Waals surface area contributed by atoms with Crippen LogP contribution in [-0.4, -0.2) is 13.1 Å². The second kappa shape index (κ2) is 4.20. The van der Waals surface area contributed by atoms with Crippen LogP contribution in [-0.2, 0) is 4.74 Å². The minimum Gasteiger partial charge on any atom is -0.465 e. The molecule has 0 aliphatic carbocycles. The smallest absolute Gasteiger partial charge is 0.340 e. The van der Waals surface area contributed by atoms with E-state index in [0.29, 0.717) is 0 Å². The fourth-order valence-corrected chi connectivity index (χ4v) is 1.45. The van der Waals surface area contributed by atoms with E-state index >= 15 is 0 Å². The number of carbonyl (C=O) groups is 1. The molecule has 14 heavy (non-hydrogen) atoms. The van der Waals surface area contributed by atoms with Gasteiger partial charge in [-0.2, -0.15) is 5.26 Å². The van der Waals surface area contributed by atoms with Crippen LogP contribution in [0.25, 0.3) is 0 Å². The van der Waals surface area contributed by atoms with E-state index in [9.17, 15) is 9.18 Å². The summed E-state index contributed by atoms with van der Waals surface area (Å²) in [4.78, 5) is 11.2. The lowest BCUT2D eigenvalue weighted by Gasteiger charge is -2.04. The van der Waals surface area contributed by atoms with E-state index in [-0.39, 0.29) is 15.6 Å². The van der Waals surface area contributed by atoms with Crippen LogP contribution in [0.4, 0.5) is 4.39 Å². The maximum Gasteiger partial charge on any atom is 0.340 e. The highest BCUT2D eigenvalue weighted by molar-refractivity contribution is 9.10. The zero-order valence-electron chi connectivity index (χ0n) is 7.17. The fourth-order valence-electron chi connectivity index (χ4n) is 0.945. The van der Waals surface area contributed by atoms with E-state index in [0.717, 1.165) is 6.07 Å². The van der Waals surface area contributed by atoms with Crippen LogP contribution < -0.4 is 0 Å². The van der Waals surface area contributed by atoms with Gasteiger partial charge in [-0.25, -0.2) is 9.18 Å². The lowest BCUT2D eigenvalue weighted by Crippen LogP contribution is -2.06. The van der Waals surface area contributed by atoms with Gasteiger partial charge >= 0.3 is 5.97 Å². The number of hydrogen-bond donors (Lipinski definition) is 0. The Kier molecular flexibility index (Phi) is 3.20. The SMILES string of the molecule is COC(=O)c1c(C#N)ccc(F)c1Br. The average molecular weight is 258 g/mol. The summed E-state index contributed by atoms with van der Waals surface area (Å²) in [6, 6.07) is 4.12. The third kappa shape index (κ3) is 1.75. The van der Waals surface area contributed by atoms with Gasteiger partial charge in [0.25, 0.3) is 0 Å². The standard InChI is InChI=1S/C9H5BrFNO2/c1-14-9(13)7-5(4-12)2-3-6(11)8(7)10/h2-3H,1H3. The molecule has 0 atom stereocenters. The first-order valence-corrected chi connectivity index (χ1v) is 4.37. The zero-order chi connectivity index (χ0) is 10.7. The molecule has 0 radical (unpaired) electrons. The third-order valence-corrected chi connectivity index (χ3v) is 2.38. The summed E-state index contributed by atoms with van der Waals surface area (Å²) in [5, 5.41) is 8.68. The molecule has 0 unspecified atom stereocenters. The maximum atomic E-state index is 13.0. The minimum atomic E-state index is -0.743. The van der Waals surface area contributed by atoms with Crippen LogP contribution in [0.15, 0.2) is 16.6 Å². The topological polar surface area (TPSA) is 50.1 Å². The summed E-state index contributed by atoms with van der Waals surface area (Å²) >= 11 is 2.89. The molecule has 0 bridgehead atoms. The van der Waals surface area contributed by atoms with Crippen molar-refractivity contribution in [3.63, 3.8) is 0 Å². The molecular formula is C9H5BrFNO2. The summed E-state index contributed by atoms with van der Waals surface area (Å²) in [5.41, 5.74) is -0.0138. The van der Waals surface area contributed by atoms with Gasteiger partial charge in [0, 0.05) is 0 Å². The second-order valence-corrected chi connectivity index (χ2v) is 3.18. The summed E-state index contributed by atoms with van der Waals surface area (Å²) in [7, 11) is 1.17. The van der Waals surface area contributed by atoms with Crippen molar-refractivity contribution in [2.45, 2.75) is 0 Å². The van der Waals surface area contributed by atoms with Crippen LogP contribution in [0, 0.1) is 17.1 Å². The number of nitriles is 1. The van der Waals surface area contributed by atoms with E-state index in [1.54, 1.807) is 6.07 Å². The summed E-state index contributed by atoms with van der Waals surface area (Å²) in [5.74, 6) is -1.35. The Morgan fingerprint density at radius 2 is 2.29 bits per heavy atom. The molecule has 5 heteroatoms. The number of hydrogen-bond acceptors (Lipinski definition) is 3. The molecule has 72 valence electrons. The molecule has 1 aromatic rings. The van der Waals surface area contributed by atoms with Crippen molar-refractivity contribution in [2.75, 3.05) is 7.11 Å². The van der Waals surface area contributed by atoms with Gasteiger partial charge in [-0.1, -0.05) is 0 Å². The van der Waals surface area contributed by atoms with Crippen molar-refractivity contribution >= 4 is 21.9 Å². The number of ether oxygens (including phenoxy) is 1. The van der Waals surface area contributed by atoms with Gasteiger partial charge in [0.2, 0.25) is 0 Å². The summed E-state index contributed by atoms with van der Waals surface area (Å²) < 4.78 is 17.4. The van der Waals surface area contributed by atoms with Gasteiger partial charge in [0.15, 0.2) is 0 Å². The normalized spacial score (nSPS) is 9.29. The van der Waals surface area contributed by atoms with E-state index in [4.69, 9.17) is 5.26 Å². The molecule has 0 aliphatic rings. The second-order valence-electron chi connectivity index (χ2n) is 2.39. The molecule has 3 nitrogen and oxygen atoms in total. The number of methoxy groups -OCH3 is 1. The molecule has 0 saturated heterocycles. The van der Waals surface area contributed by atoms with E-state index in [2.05, 4.69) is 20.7 Å². The Hall–Kier alpha value is -1.41. The van der Waals surface area contributed by atoms with Crippen molar-refractivity contribution in [1.29, 1.82) is 5.26 Å². The van der Waals surface area contributed by atoms with Crippen molar-refractivity contribution < 1.29 is 13.9 Å². The molecule has 0 N–H and O–H groups in total. The average Bonchev–Trinajstić information content (AvgIpc) is 2.20. The number of rotatable bonds is 1. The molecular weight excluding hydrogens is 253 g/mol. The van der Waals surface area contributed by atoms with Gasteiger partial charge in [-0.3, -0.25) is 0 Å². The first kappa shape index (κ1) is 10.7. The van der Waals surface area contributed by atoms with Crippen LogP contribution in [0.2, 0.25) is 0 Å². The highest BCUT2D eigenvalue weighted by Gasteiger charge is 2.18. The number of nitrogens with zero attached hydrogens (tertiary/aromatic N) is 1. The molecule has 0 heterocycles. The Labute approximate surface area is 88.2 Å². The van der Waals surface area contributed by atoms with Crippen LogP contribution >= 0.6 is 15.9 Å². The van der Waals surface area contributed by atoms with Crippen molar-refractivity contribution in [3.05, 3.63) is 33.5 Å². The quantitative estimate of drug-likeness (QED) is 0.726. The molecule has 1 rings (SSSR count). The van der Waals surface area contributed by atoms with Gasteiger partial charge in [0.1, 0.15) is 11.9 Å². The van der Waals surface area contributed by atoms with E-state index in [1.807, 2.05) is 0 Å². The van der Waals surface area contributed by atoms with Crippen LogP contribution in [0.3, 0.4) is 0 Å². The minimum absolute atomic E-state index is 0.0524. The molecule has 0 aliphatic heterocycles. The Morgan fingerprint density at radius 3 is 2.79 bits per heavy atom. The largest absolute Gasteiger partial charge is 0.465 e. The zero-order valence-corrected chi connectivity index (χ0v) is 8.76. The molecule has 0 fully saturated rings. The van der Waals surface area contributed by atoms with Crippen LogP contribution in [0.5, 0.6) is 0 Å². The number of carbonyl (C=O) groups excluding carboxylic acids is 1. The van der Waals surface area contributed by atoms with Crippen molar-refractivity contribution in [1.82, 2.24) is 0 Å². The third-order valence-electron chi connectivity index (χ3n) is 1.60. The Morgan fingerprint density at radius 1 is 1.64 bits per heavy atom. The van der Waals surface area contributed by atoms with Crippen molar-refractivity contribution in [2.24, 2.45) is 0 Å². The fraction of sp³-hybridized carbons (Fsp3) is 0.111. The van der Waals surface area contributed by atoms with Gasteiger partial charge in [0.05, 0.1) is 22.7 Å². The monoisotopic (exact) mass is 257 g/mol. The molecule has 0 aromatic heterocycles. The predicted octanol–water partition coefficient (Wildman–Crippen LogP) is 2.25. The summed E-state index contributed by atoms with van der Waals surface area (Å²) in [6.45, 7) is 0. The first-order valence-electron chi connectivity index (χ1n) is 3.58. The first-order chi connectivity index (χ1) is 6.61. The van der Waals surface area contributed by atoms with E-state index < -0.39 is 11.8 Å². The van der Waals surface area contributed by atoms with Gasteiger partial charge in [-0.05, 0) is 28.1 Å².